The van der Waals surface area contributed by atoms with Gasteiger partial charge in [-0.15, -0.1) is 0 Å². The first-order valence-corrected chi connectivity index (χ1v) is 13.8. The molecule has 0 saturated heterocycles. The van der Waals surface area contributed by atoms with Gasteiger partial charge < -0.3 is 14.9 Å². The lowest BCUT2D eigenvalue weighted by Gasteiger charge is -2.18. The Balaban J connectivity index is 1.76. The van der Waals surface area contributed by atoms with Gasteiger partial charge in [0.05, 0.1) is 23.8 Å². The van der Waals surface area contributed by atoms with Crippen molar-refractivity contribution in [1.82, 2.24) is 0 Å². The summed E-state index contributed by atoms with van der Waals surface area (Å²) in [6.45, 7) is 5.64. The highest BCUT2D eigenvalue weighted by Gasteiger charge is 2.25. The molecule has 0 aliphatic carbocycles. The zero-order chi connectivity index (χ0) is 30.7. The Bertz CT molecular complexity index is 1930. The topological polar surface area (TPSA) is 90.2 Å². The highest BCUT2D eigenvalue weighted by atomic mass is 19.1. The molecule has 0 fully saturated rings. The van der Waals surface area contributed by atoms with Gasteiger partial charge >= 0.3 is 0 Å². The molecule has 3 aromatic carbocycles. The van der Waals surface area contributed by atoms with E-state index in [1.807, 2.05) is 26.0 Å². The highest BCUT2D eigenvalue weighted by Crippen LogP contribution is 2.35. The van der Waals surface area contributed by atoms with E-state index in [0.29, 0.717) is 34.1 Å². The summed E-state index contributed by atoms with van der Waals surface area (Å²) in [6.07, 6.45) is 6.17. The first-order chi connectivity index (χ1) is 20.7. The van der Waals surface area contributed by atoms with Gasteiger partial charge in [0.15, 0.2) is 17.4 Å². The maximum Gasteiger partial charge on any atom is 0.200 e. The minimum Gasteiger partial charge on any atom is -0.494 e. The van der Waals surface area contributed by atoms with Crippen LogP contribution in [0.2, 0.25) is 0 Å². The van der Waals surface area contributed by atoms with Gasteiger partial charge in [-0.05, 0) is 79.9 Å². The number of para-hydroxylation sites is 1. The molecule has 1 atom stereocenters. The molecule has 0 radical (unpaired) electrons. The maximum atomic E-state index is 14.8. The van der Waals surface area contributed by atoms with Crippen LogP contribution >= 0.6 is 0 Å². The monoisotopic (exact) mass is 579 g/mol. The highest BCUT2D eigenvalue weighted by molar-refractivity contribution is 6.13. The third-order valence-electron chi connectivity index (χ3n) is 7.36. The Labute approximate surface area is 248 Å². The number of ether oxygens (including phenoxy) is 1. The van der Waals surface area contributed by atoms with E-state index in [9.17, 15) is 13.6 Å². The zero-order valence-corrected chi connectivity index (χ0v) is 24.3. The lowest BCUT2D eigenvalue weighted by atomic mass is 9.93. The lowest BCUT2D eigenvalue weighted by Crippen LogP contribution is -2.14. The van der Waals surface area contributed by atoms with E-state index in [0.717, 1.165) is 11.1 Å². The van der Waals surface area contributed by atoms with Crippen LogP contribution in [0.15, 0.2) is 115 Å². The largest absolute Gasteiger partial charge is 0.494 e. The van der Waals surface area contributed by atoms with Crippen molar-refractivity contribution in [2.45, 2.75) is 33.2 Å². The van der Waals surface area contributed by atoms with E-state index in [4.69, 9.17) is 19.9 Å². The van der Waals surface area contributed by atoms with Crippen molar-refractivity contribution in [3.63, 3.8) is 0 Å². The van der Waals surface area contributed by atoms with Gasteiger partial charge in [-0.25, -0.2) is 13.8 Å². The molecule has 2 heterocycles. The second-order valence-corrected chi connectivity index (χ2v) is 10.1. The predicted octanol–water partition coefficient (Wildman–Crippen LogP) is 7.94. The van der Waals surface area contributed by atoms with Crippen molar-refractivity contribution in [1.29, 1.82) is 0 Å². The summed E-state index contributed by atoms with van der Waals surface area (Å²) in [5.41, 5.74) is 10.4. The molecule has 2 N–H and O–H groups in total. The average Bonchev–Trinajstić information content (AvgIpc) is 3.22. The van der Waals surface area contributed by atoms with Crippen molar-refractivity contribution in [2.24, 2.45) is 15.7 Å². The van der Waals surface area contributed by atoms with E-state index in [-0.39, 0.29) is 34.0 Å². The van der Waals surface area contributed by atoms with Crippen LogP contribution in [-0.2, 0) is 0 Å². The molecule has 4 aromatic rings. The molecule has 1 aromatic heterocycles. The summed E-state index contributed by atoms with van der Waals surface area (Å²) in [5.74, 6) is -0.405. The normalized spacial score (nSPS) is 16.7. The van der Waals surface area contributed by atoms with Gasteiger partial charge in [0.1, 0.15) is 23.2 Å². The van der Waals surface area contributed by atoms with Crippen LogP contribution in [0.5, 0.6) is 5.75 Å². The Morgan fingerprint density at radius 2 is 1.91 bits per heavy atom. The smallest absolute Gasteiger partial charge is 0.200 e. The SMILES string of the molecule is C/C=C(/C)C1=CCC=NC(=NC(C)c2oc3ccccc3c(=O)c2-c2cccc(F)c2)C1=C(N)c1ccc(OC)c(F)c1. The van der Waals surface area contributed by atoms with E-state index in [1.165, 1.54) is 31.4 Å². The fourth-order valence-electron chi connectivity index (χ4n) is 5.06. The molecule has 0 spiro atoms. The maximum absolute atomic E-state index is 14.8. The van der Waals surface area contributed by atoms with E-state index >= 15 is 0 Å². The van der Waals surface area contributed by atoms with Crippen LogP contribution < -0.4 is 15.9 Å². The number of fused-ring (bicyclic) bond motifs is 1. The number of hydrogen-bond donors (Lipinski definition) is 1. The summed E-state index contributed by atoms with van der Waals surface area (Å²) in [7, 11) is 1.39. The molecular weight excluding hydrogens is 548 g/mol. The van der Waals surface area contributed by atoms with Gasteiger partial charge in [-0.2, -0.15) is 0 Å². The number of rotatable bonds is 6. The minimum atomic E-state index is -0.747. The third kappa shape index (κ3) is 5.81. The summed E-state index contributed by atoms with van der Waals surface area (Å²) in [6, 6.07) is 16.5. The number of amidine groups is 1. The number of nitrogens with zero attached hydrogens (tertiary/aromatic N) is 2. The van der Waals surface area contributed by atoms with Gasteiger partial charge in [0, 0.05) is 23.8 Å². The fraction of sp³-hybridized carbons (Fsp3) is 0.171. The summed E-state index contributed by atoms with van der Waals surface area (Å²) >= 11 is 0. The quantitative estimate of drug-likeness (QED) is 0.251. The molecule has 0 amide bonds. The summed E-state index contributed by atoms with van der Waals surface area (Å²) in [4.78, 5) is 23.4. The number of benzene rings is 3. The molecule has 5 rings (SSSR count). The van der Waals surface area contributed by atoms with E-state index < -0.39 is 17.7 Å². The molecule has 0 bridgehead atoms. The van der Waals surface area contributed by atoms with E-state index in [2.05, 4.69) is 4.99 Å². The number of aliphatic imine (C=N–C) groups is 2. The van der Waals surface area contributed by atoms with Crippen molar-refractivity contribution in [2.75, 3.05) is 7.11 Å². The molecule has 1 aliphatic heterocycles. The van der Waals surface area contributed by atoms with Crippen LogP contribution in [0.3, 0.4) is 0 Å². The van der Waals surface area contributed by atoms with E-state index in [1.54, 1.807) is 55.6 Å². The standard InChI is InChI=1S/C35H31F2N3O3/c1-5-20(2)25-13-9-17-39-35(31(25)32(38)23-15-16-29(42-4)27(37)19-23)40-21(3)34-30(22-10-8-11-24(36)18-22)33(41)26-12-6-7-14-28(26)43-34/h5-8,10-19,21H,9,38H2,1-4H3/b20-5-,32-31?,40-35?. The van der Waals surface area contributed by atoms with Gasteiger partial charge in [-0.1, -0.05) is 36.4 Å². The molecule has 1 unspecified atom stereocenters. The molecule has 0 saturated carbocycles. The van der Waals surface area contributed by atoms with Gasteiger partial charge in [0.2, 0.25) is 5.43 Å². The molecule has 6 nitrogen and oxygen atoms in total. The summed E-state index contributed by atoms with van der Waals surface area (Å²) < 4.78 is 40.5. The molecule has 8 heteroatoms. The molecule has 1 aliphatic rings. The average molecular weight is 580 g/mol. The number of halogens is 2. The van der Waals surface area contributed by atoms with Crippen molar-refractivity contribution < 1.29 is 17.9 Å². The Morgan fingerprint density at radius 3 is 2.63 bits per heavy atom. The van der Waals surface area contributed by atoms with Crippen molar-refractivity contribution in [3.8, 4) is 16.9 Å². The first-order valence-electron chi connectivity index (χ1n) is 13.8. The van der Waals surface area contributed by atoms with Crippen molar-refractivity contribution >= 4 is 28.7 Å². The number of nitrogens with two attached hydrogens (primary N) is 1. The lowest BCUT2D eigenvalue weighted by molar-refractivity contribution is 0.386. The number of hydrogen-bond acceptors (Lipinski definition) is 5. The first kappa shape index (κ1) is 29.4. The van der Waals surface area contributed by atoms with Crippen LogP contribution in [0.25, 0.3) is 27.8 Å². The van der Waals surface area contributed by atoms with Crippen LogP contribution in [0.4, 0.5) is 8.78 Å². The summed E-state index contributed by atoms with van der Waals surface area (Å²) in [5, 5.41) is 0.373. The van der Waals surface area contributed by atoms with Crippen molar-refractivity contribution in [3.05, 3.63) is 129 Å². The van der Waals surface area contributed by atoms with Gasteiger partial charge in [-0.3, -0.25) is 9.79 Å². The fourth-order valence-corrected chi connectivity index (χ4v) is 5.06. The Morgan fingerprint density at radius 1 is 1.12 bits per heavy atom. The predicted molar refractivity (Wildman–Crippen MR) is 168 cm³/mol. The molecular formula is C35H31F2N3O3. The Kier molecular flexibility index (Phi) is 8.48. The van der Waals surface area contributed by atoms with Gasteiger partial charge in [0.25, 0.3) is 0 Å². The second-order valence-electron chi connectivity index (χ2n) is 10.1. The van der Waals surface area contributed by atoms with Crippen LogP contribution in [-0.4, -0.2) is 19.2 Å². The number of methoxy groups -OCH3 is 1. The van der Waals surface area contributed by atoms with Crippen LogP contribution in [0.1, 0.15) is 44.6 Å². The third-order valence-corrected chi connectivity index (χ3v) is 7.36. The second kappa shape index (κ2) is 12.4. The molecule has 218 valence electrons. The number of allylic oxidation sites excluding steroid dienone is 3. The zero-order valence-electron chi connectivity index (χ0n) is 24.3. The minimum absolute atomic E-state index is 0.0968. The van der Waals surface area contributed by atoms with Crippen LogP contribution in [0, 0.1) is 11.6 Å². The molecule has 43 heavy (non-hydrogen) atoms. The Hall–Kier alpha value is -5.11.